The van der Waals surface area contributed by atoms with Crippen LogP contribution in [0.1, 0.15) is 19.4 Å². The topological polar surface area (TPSA) is 71.1 Å². The molecule has 138 valence electrons. The van der Waals surface area contributed by atoms with Gasteiger partial charge < -0.3 is 19.7 Å². The lowest BCUT2D eigenvalue weighted by Gasteiger charge is -2.36. The summed E-state index contributed by atoms with van der Waals surface area (Å²) >= 11 is 0. The Labute approximate surface area is 148 Å². The van der Waals surface area contributed by atoms with Crippen molar-refractivity contribution in [3.05, 3.63) is 29.8 Å². The van der Waals surface area contributed by atoms with E-state index in [-0.39, 0.29) is 18.0 Å². The third-order valence-electron chi connectivity index (χ3n) is 4.41. The molecule has 1 aromatic carbocycles. The van der Waals surface area contributed by atoms with Crippen LogP contribution in [0.4, 0.5) is 4.79 Å². The predicted octanol–water partition coefficient (Wildman–Crippen LogP) is 1.47. The fourth-order valence-electron chi connectivity index (χ4n) is 2.85. The van der Waals surface area contributed by atoms with Crippen LogP contribution in [0, 0.1) is 0 Å². The van der Waals surface area contributed by atoms with Crippen molar-refractivity contribution in [2.75, 3.05) is 39.9 Å². The molecular formula is C18H27N3O4. The second kappa shape index (κ2) is 9.27. The molecule has 0 unspecified atom stereocenters. The van der Waals surface area contributed by atoms with Crippen molar-refractivity contribution in [1.29, 1.82) is 0 Å². The monoisotopic (exact) mass is 349 g/mol. The lowest BCUT2D eigenvalue weighted by Crippen LogP contribution is -2.55. The Balaban J connectivity index is 1.81. The van der Waals surface area contributed by atoms with Crippen LogP contribution in [-0.4, -0.2) is 67.7 Å². The normalized spacial score (nSPS) is 16.2. The van der Waals surface area contributed by atoms with Gasteiger partial charge in [-0.15, -0.1) is 0 Å². The highest BCUT2D eigenvalue weighted by Gasteiger charge is 2.27. The van der Waals surface area contributed by atoms with Gasteiger partial charge in [-0.2, -0.15) is 0 Å². The number of benzene rings is 1. The van der Waals surface area contributed by atoms with Crippen LogP contribution in [0.15, 0.2) is 24.3 Å². The standard InChI is InChI=1S/C18H27N3O4/c1-4-25-18(23)21-11-9-20(10-12-21)14(2)17(22)19-13-15-7-5-6-8-16(15)24-3/h5-8,14H,4,9-13H2,1-3H3,(H,19,22)/t14-/m0/s1. The quantitative estimate of drug-likeness (QED) is 0.842. The third-order valence-corrected chi connectivity index (χ3v) is 4.41. The first-order valence-electron chi connectivity index (χ1n) is 8.62. The van der Waals surface area contributed by atoms with E-state index in [1.54, 1.807) is 18.9 Å². The fraction of sp³-hybridized carbons (Fsp3) is 0.556. The number of piperazine rings is 1. The first-order valence-corrected chi connectivity index (χ1v) is 8.62. The summed E-state index contributed by atoms with van der Waals surface area (Å²) in [6.45, 7) is 6.94. The minimum Gasteiger partial charge on any atom is -0.496 e. The highest BCUT2D eigenvalue weighted by molar-refractivity contribution is 5.81. The molecule has 0 radical (unpaired) electrons. The van der Waals surface area contributed by atoms with Crippen molar-refractivity contribution in [2.45, 2.75) is 26.4 Å². The molecule has 0 aliphatic carbocycles. The molecule has 0 aromatic heterocycles. The number of amides is 2. The Kier molecular flexibility index (Phi) is 7.06. The van der Waals surface area contributed by atoms with Gasteiger partial charge in [0.15, 0.2) is 0 Å². The van der Waals surface area contributed by atoms with Crippen molar-refractivity contribution in [1.82, 2.24) is 15.1 Å². The molecule has 1 saturated heterocycles. The molecule has 0 saturated carbocycles. The van der Waals surface area contributed by atoms with Gasteiger partial charge in [0.25, 0.3) is 0 Å². The Morgan fingerprint density at radius 2 is 1.88 bits per heavy atom. The van der Waals surface area contributed by atoms with Crippen LogP contribution >= 0.6 is 0 Å². The van der Waals surface area contributed by atoms with E-state index in [4.69, 9.17) is 9.47 Å². The van der Waals surface area contributed by atoms with Gasteiger partial charge in [0.05, 0.1) is 19.8 Å². The maximum Gasteiger partial charge on any atom is 0.409 e. The van der Waals surface area contributed by atoms with Crippen molar-refractivity contribution in [3.63, 3.8) is 0 Å². The number of hydrogen-bond acceptors (Lipinski definition) is 5. The van der Waals surface area contributed by atoms with Crippen molar-refractivity contribution < 1.29 is 19.1 Å². The van der Waals surface area contributed by atoms with E-state index in [9.17, 15) is 9.59 Å². The minimum absolute atomic E-state index is 0.0320. The van der Waals surface area contributed by atoms with Gasteiger partial charge in [-0.3, -0.25) is 9.69 Å². The summed E-state index contributed by atoms with van der Waals surface area (Å²) in [5, 5.41) is 2.96. The molecule has 1 atom stereocenters. The van der Waals surface area contributed by atoms with Crippen LogP contribution in [0.5, 0.6) is 5.75 Å². The van der Waals surface area contributed by atoms with Gasteiger partial charge in [0, 0.05) is 38.3 Å². The van der Waals surface area contributed by atoms with Crippen LogP contribution < -0.4 is 10.1 Å². The maximum atomic E-state index is 12.4. The zero-order valence-electron chi connectivity index (χ0n) is 15.2. The summed E-state index contributed by atoms with van der Waals surface area (Å²) < 4.78 is 10.3. The maximum absolute atomic E-state index is 12.4. The van der Waals surface area contributed by atoms with E-state index in [1.165, 1.54) is 0 Å². The molecule has 0 spiro atoms. The summed E-state index contributed by atoms with van der Waals surface area (Å²) in [7, 11) is 1.62. The molecule has 1 fully saturated rings. The number of ether oxygens (including phenoxy) is 2. The van der Waals surface area contributed by atoms with Crippen LogP contribution in [0.3, 0.4) is 0 Å². The third kappa shape index (κ3) is 5.09. The van der Waals surface area contributed by atoms with E-state index in [1.807, 2.05) is 31.2 Å². The Hall–Kier alpha value is -2.28. The van der Waals surface area contributed by atoms with E-state index in [0.717, 1.165) is 11.3 Å². The summed E-state index contributed by atoms with van der Waals surface area (Å²) in [4.78, 5) is 27.9. The number of para-hydroxylation sites is 1. The number of nitrogens with zero attached hydrogens (tertiary/aromatic N) is 2. The van der Waals surface area contributed by atoms with Crippen LogP contribution in [0.2, 0.25) is 0 Å². The van der Waals surface area contributed by atoms with Gasteiger partial charge in [-0.1, -0.05) is 18.2 Å². The van der Waals surface area contributed by atoms with Crippen molar-refractivity contribution in [3.8, 4) is 5.75 Å². The summed E-state index contributed by atoms with van der Waals surface area (Å²) in [6, 6.07) is 7.37. The first-order chi connectivity index (χ1) is 12.1. The highest BCUT2D eigenvalue weighted by atomic mass is 16.6. The number of rotatable bonds is 6. The number of hydrogen-bond donors (Lipinski definition) is 1. The molecule has 1 heterocycles. The fourth-order valence-corrected chi connectivity index (χ4v) is 2.85. The van der Waals surface area contributed by atoms with E-state index in [0.29, 0.717) is 39.3 Å². The van der Waals surface area contributed by atoms with E-state index in [2.05, 4.69) is 10.2 Å². The van der Waals surface area contributed by atoms with Crippen LogP contribution in [-0.2, 0) is 16.1 Å². The molecule has 25 heavy (non-hydrogen) atoms. The molecule has 7 heteroatoms. The second-order valence-electron chi connectivity index (χ2n) is 5.93. The first kappa shape index (κ1) is 19.1. The lowest BCUT2D eigenvalue weighted by atomic mass is 10.2. The highest BCUT2D eigenvalue weighted by Crippen LogP contribution is 2.17. The average molecular weight is 349 g/mol. The largest absolute Gasteiger partial charge is 0.496 e. The second-order valence-corrected chi connectivity index (χ2v) is 5.93. The average Bonchev–Trinajstić information content (AvgIpc) is 2.66. The molecule has 1 aromatic rings. The number of methoxy groups -OCH3 is 1. The van der Waals surface area contributed by atoms with Gasteiger partial charge in [0.1, 0.15) is 5.75 Å². The molecule has 1 aliphatic rings. The van der Waals surface area contributed by atoms with Crippen LogP contribution in [0.25, 0.3) is 0 Å². The lowest BCUT2D eigenvalue weighted by molar-refractivity contribution is -0.126. The predicted molar refractivity (Wildman–Crippen MR) is 94.5 cm³/mol. The van der Waals surface area contributed by atoms with Gasteiger partial charge in [0.2, 0.25) is 5.91 Å². The zero-order valence-corrected chi connectivity index (χ0v) is 15.2. The Morgan fingerprint density at radius 3 is 2.52 bits per heavy atom. The SMILES string of the molecule is CCOC(=O)N1CCN([C@@H](C)C(=O)NCc2ccccc2OC)CC1. The molecule has 0 bridgehead atoms. The molecule has 2 amide bonds. The van der Waals surface area contributed by atoms with E-state index >= 15 is 0 Å². The molecule has 7 nitrogen and oxygen atoms in total. The van der Waals surface area contributed by atoms with Crippen molar-refractivity contribution >= 4 is 12.0 Å². The number of nitrogens with one attached hydrogen (secondary N) is 1. The molecule has 2 rings (SSSR count). The van der Waals surface area contributed by atoms with Crippen molar-refractivity contribution in [2.24, 2.45) is 0 Å². The molecule has 1 N–H and O–H groups in total. The van der Waals surface area contributed by atoms with Gasteiger partial charge in [-0.05, 0) is 19.9 Å². The van der Waals surface area contributed by atoms with E-state index < -0.39 is 0 Å². The zero-order chi connectivity index (χ0) is 18.2. The Bertz CT molecular complexity index is 585. The molecule has 1 aliphatic heterocycles. The molecular weight excluding hydrogens is 322 g/mol. The minimum atomic E-state index is -0.282. The smallest absolute Gasteiger partial charge is 0.409 e. The summed E-state index contributed by atoms with van der Waals surface area (Å²) in [6.07, 6.45) is -0.282. The summed E-state index contributed by atoms with van der Waals surface area (Å²) in [5.41, 5.74) is 0.942. The van der Waals surface area contributed by atoms with Gasteiger partial charge in [-0.25, -0.2) is 4.79 Å². The Morgan fingerprint density at radius 1 is 1.20 bits per heavy atom. The van der Waals surface area contributed by atoms with Gasteiger partial charge >= 0.3 is 6.09 Å². The number of carbonyl (C=O) groups excluding carboxylic acids is 2. The summed E-state index contributed by atoms with van der Waals surface area (Å²) in [5.74, 6) is 0.731. The number of carbonyl (C=O) groups is 2.